The van der Waals surface area contributed by atoms with Crippen molar-refractivity contribution >= 4 is 0 Å². The summed E-state index contributed by atoms with van der Waals surface area (Å²) in [6.45, 7) is 3.01. The van der Waals surface area contributed by atoms with Gasteiger partial charge in [-0.1, -0.05) is 6.92 Å². The van der Waals surface area contributed by atoms with Gasteiger partial charge in [-0.15, -0.1) is 0 Å². The van der Waals surface area contributed by atoms with Gasteiger partial charge in [-0.05, 0) is 12.3 Å². The van der Waals surface area contributed by atoms with E-state index in [1.165, 1.54) is 6.42 Å². The van der Waals surface area contributed by atoms with Crippen LogP contribution in [0.2, 0.25) is 0 Å². The number of ether oxygens (including phenoxy) is 3. The summed E-state index contributed by atoms with van der Waals surface area (Å²) in [5, 5.41) is 3.51. The molecule has 0 bridgehead atoms. The molecule has 0 amide bonds. The van der Waals surface area contributed by atoms with E-state index in [4.69, 9.17) is 14.2 Å². The Bertz CT molecular complexity index is 394. The fraction of sp³-hybridized carbons (Fsp3) is 0.571. The van der Waals surface area contributed by atoms with Crippen LogP contribution in [-0.4, -0.2) is 27.4 Å². The van der Waals surface area contributed by atoms with Crippen LogP contribution < -0.4 is 19.5 Å². The lowest BCUT2D eigenvalue weighted by Crippen LogP contribution is -2.18. The molecule has 0 radical (unpaired) electrons. The molecule has 4 nitrogen and oxygen atoms in total. The summed E-state index contributed by atoms with van der Waals surface area (Å²) in [5.74, 6) is 3.12. The quantitative estimate of drug-likeness (QED) is 0.841. The number of hydrogen-bond donors (Lipinski definition) is 1. The second-order valence-corrected chi connectivity index (χ2v) is 4.71. The minimum absolute atomic E-state index is 0.626. The number of methoxy groups -OCH3 is 3. The summed E-state index contributed by atoms with van der Waals surface area (Å²) in [4.78, 5) is 0. The summed E-state index contributed by atoms with van der Waals surface area (Å²) in [6, 6.07) is 4.40. The molecule has 0 spiro atoms. The average molecular weight is 251 g/mol. The van der Waals surface area contributed by atoms with E-state index in [0.29, 0.717) is 6.04 Å². The normalized spacial score (nSPS) is 21.6. The lowest BCUT2D eigenvalue weighted by molar-refractivity contribution is 0.366. The van der Waals surface area contributed by atoms with E-state index >= 15 is 0 Å². The van der Waals surface area contributed by atoms with E-state index in [1.54, 1.807) is 21.3 Å². The van der Waals surface area contributed by atoms with Crippen molar-refractivity contribution in [2.75, 3.05) is 21.3 Å². The van der Waals surface area contributed by atoms with Crippen LogP contribution in [0.4, 0.5) is 0 Å². The van der Waals surface area contributed by atoms with Gasteiger partial charge in [0, 0.05) is 24.7 Å². The van der Waals surface area contributed by atoms with Crippen LogP contribution in [0, 0.1) is 5.92 Å². The summed E-state index contributed by atoms with van der Waals surface area (Å²) >= 11 is 0. The van der Waals surface area contributed by atoms with Crippen molar-refractivity contribution < 1.29 is 14.2 Å². The second kappa shape index (κ2) is 5.48. The number of benzene rings is 1. The van der Waals surface area contributed by atoms with Gasteiger partial charge in [0.05, 0.1) is 26.9 Å². The average Bonchev–Trinajstić information content (AvgIpc) is 3.11. The smallest absolute Gasteiger partial charge is 0.130 e. The number of rotatable bonds is 6. The van der Waals surface area contributed by atoms with Crippen LogP contribution in [0.15, 0.2) is 12.1 Å². The molecule has 4 heteroatoms. The van der Waals surface area contributed by atoms with Crippen molar-refractivity contribution in [2.45, 2.75) is 25.9 Å². The van der Waals surface area contributed by atoms with Gasteiger partial charge in [-0.2, -0.15) is 0 Å². The summed E-state index contributed by atoms with van der Waals surface area (Å²) in [6.07, 6.45) is 1.25. The predicted molar refractivity (Wildman–Crippen MR) is 70.5 cm³/mol. The van der Waals surface area contributed by atoms with Crippen molar-refractivity contribution in [3.05, 3.63) is 17.7 Å². The Morgan fingerprint density at radius 3 is 2.06 bits per heavy atom. The molecule has 1 fully saturated rings. The van der Waals surface area contributed by atoms with Crippen molar-refractivity contribution in [1.29, 1.82) is 0 Å². The third-order valence-corrected chi connectivity index (χ3v) is 3.47. The summed E-state index contributed by atoms with van der Waals surface area (Å²) in [5.41, 5.74) is 1.04. The molecule has 1 N–H and O–H groups in total. The fourth-order valence-corrected chi connectivity index (χ4v) is 2.09. The van der Waals surface area contributed by atoms with Crippen LogP contribution in [0.1, 0.15) is 18.9 Å². The van der Waals surface area contributed by atoms with Crippen molar-refractivity contribution in [1.82, 2.24) is 5.32 Å². The third-order valence-electron chi connectivity index (χ3n) is 3.47. The molecule has 100 valence electrons. The van der Waals surface area contributed by atoms with Gasteiger partial charge in [-0.3, -0.25) is 0 Å². The number of hydrogen-bond acceptors (Lipinski definition) is 4. The first kappa shape index (κ1) is 13.0. The zero-order valence-electron chi connectivity index (χ0n) is 11.4. The van der Waals surface area contributed by atoms with Crippen LogP contribution >= 0.6 is 0 Å². The molecule has 2 rings (SSSR count). The molecular weight excluding hydrogens is 230 g/mol. The molecule has 1 aliphatic rings. The van der Waals surface area contributed by atoms with E-state index in [9.17, 15) is 0 Å². The molecule has 0 saturated heterocycles. The standard InChI is InChI=1S/C14H21NO3/c1-9-5-12(9)15-8-11-13(17-3)6-10(16-2)7-14(11)18-4/h6-7,9,12,15H,5,8H2,1-4H3. The van der Waals surface area contributed by atoms with Gasteiger partial charge < -0.3 is 19.5 Å². The molecule has 18 heavy (non-hydrogen) atoms. The van der Waals surface area contributed by atoms with Crippen LogP contribution in [0.5, 0.6) is 17.2 Å². The molecule has 1 aromatic rings. The maximum atomic E-state index is 5.41. The Morgan fingerprint density at radius 2 is 1.67 bits per heavy atom. The molecule has 0 aliphatic heterocycles. The lowest BCUT2D eigenvalue weighted by Gasteiger charge is -2.15. The zero-order chi connectivity index (χ0) is 13.1. The second-order valence-electron chi connectivity index (χ2n) is 4.71. The highest BCUT2D eigenvalue weighted by Crippen LogP contribution is 2.35. The van der Waals surface area contributed by atoms with Crippen molar-refractivity contribution in [3.8, 4) is 17.2 Å². The van der Waals surface area contributed by atoms with E-state index in [-0.39, 0.29) is 0 Å². The summed E-state index contributed by atoms with van der Waals surface area (Å²) < 4.78 is 16.0. The zero-order valence-corrected chi connectivity index (χ0v) is 11.4. The minimum atomic E-state index is 0.626. The van der Waals surface area contributed by atoms with E-state index < -0.39 is 0 Å². The molecule has 2 unspecified atom stereocenters. The Balaban J connectivity index is 2.19. The van der Waals surface area contributed by atoms with Crippen LogP contribution in [0.3, 0.4) is 0 Å². The molecule has 1 saturated carbocycles. The highest BCUT2D eigenvalue weighted by molar-refractivity contribution is 5.50. The summed E-state index contributed by atoms with van der Waals surface area (Å²) in [7, 11) is 4.97. The van der Waals surface area contributed by atoms with Crippen molar-refractivity contribution in [3.63, 3.8) is 0 Å². The first-order chi connectivity index (χ1) is 8.69. The Morgan fingerprint density at radius 1 is 1.11 bits per heavy atom. The van der Waals surface area contributed by atoms with E-state index in [2.05, 4.69) is 12.2 Å². The van der Waals surface area contributed by atoms with Gasteiger partial charge in [0.25, 0.3) is 0 Å². The monoisotopic (exact) mass is 251 g/mol. The molecule has 0 heterocycles. The Hall–Kier alpha value is -1.42. The highest BCUT2D eigenvalue weighted by Gasteiger charge is 2.32. The Labute approximate surface area is 108 Å². The first-order valence-corrected chi connectivity index (χ1v) is 6.21. The molecular formula is C14H21NO3. The molecule has 2 atom stereocenters. The van der Waals surface area contributed by atoms with E-state index in [1.807, 2.05) is 12.1 Å². The van der Waals surface area contributed by atoms with Gasteiger partial charge in [0.2, 0.25) is 0 Å². The minimum Gasteiger partial charge on any atom is -0.496 e. The first-order valence-electron chi connectivity index (χ1n) is 6.21. The maximum Gasteiger partial charge on any atom is 0.130 e. The maximum absolute atomic E-state index is 5.41. The van der Waals surface area contributed by atoms with Gasteiger partial charge >= 0.3 is 0 Å². The van der Waals surface area contributed by atoms with Crippen molar-refractivity contribution in [2.24, 2.45) is 5.92 Å². The highest BCUT2D eigenvalue weighted by atomic mass is 16.5. The van der Waals surface area contributed by atoms with E-state index in [0.717, 1.165) is 35.3 Å². The fourth-order valence-electron chi connectivity index (χ4n) is 2.09. The lowest BCUT2D eigenvalue weighted by atomic mass is 10.1. The third kappa shape index (κ3) is 2.70. The molecule has 0 aromatic heterocycles. The van der Waals surface area contributed by atoms with Gasteiger partial charge in [0.1, 0.15) is 17.2 Å². The molecule has 1 aliphatic carbocycles. The number of nitrogens with one attached hydrogen (secondary N) is 1. The topological polar surface area (TPSA) is 39.7 Å². The van der Waals surface area contributed by atoms with Gasteiger partial charge in [-0.25, -0.2) is 0 Å². The van der Waals surface area contributed by atoms with Crippen LogP contribution in [-0.2, 0) is 6.54 Å². The largest absolute Gasteiger partial charge is 0.496 e. The SMILES string of the molecule is COc1cc(OC)c(CNC2CC2C)c(OC)c1. The predicted octanol–water partition coefficient (Wildman–Crippen LogP) is 2.21. The Kier molecular flexibility index (Phi) is 3.97. The van der Waals surface area contributed by atoms with Gasteiger partial charge in [0.15, 0.2) is 0 Å². The molecule has 1 aromatic carbocycles. The van der Waals surface area contributed by atoms with Crippen LogP contribution in [0.25, 0.3) is 0 Å².